The summed E-state index contributed by atoms with van der Waals surface area (Å²) in [6.07, 6.45) is 0. The van der Waals surface area contributed by atoms with E-state index in [4.69, 9.17) is 9.51 Å². The maximum absolute atomic E-state index is 13.1. The van der Waals surface area contributed by atoms with Crippen molar-refractivity contribution in [1.82, 2.24) is 20.4 Å². The van der Waals surface area contributed by atoms with Gasteiger partial charge < -0.3 is 9.84 Å². The number of carbonyl (C=O) groups excluding carboxylic acids is 1. The van der Waals surface area contributed by atoms with Gasteiger partial charge in [-0.2, -0.15) is 4.98 Å². The lowest BCUT2D eigenvalue weighted by Gasteiger charge is -2.35. The summed E-state index contributed by atoms with van der Waals surface area (Å²) in [5, 5.41) is 9.41. The molecule has 4 aromatic rings. The molecule has 33 heavy (non-hydrogen) atoms. The molecule has 1 aliphatic heterocycles. The molecule has 1 N–H and O–H groups in total. The zero-order chi connectivity index (χ0) is 22.9. The SMILES string of the molecule is CC1=C(c2nc(-c3ccc(C)cc3)no2)C(c2ccc(C)cc2)NC(=O)N1Cc1cccs1. The Labute approximate surface area is 196 Å². The number of urea groups is 1. The van der Waals surface area contributed by atoms with Gasteiger partial charge in [-0.25, -0.2) is 4.79 Å². The van der Waals surface area contributed by atoms with Crippen molar-refractivity contribution in [2.24, 2.45) is 0 Å². The van der Waals surface area contributed by atoms with Gasteiger partial charge in [-0.1, -0.05) is 70.9 Å². The van der Waals surface area contributed by atoms with E-state index in [0.717, 1.165) is 32.8 Å². The van der Waals surface area contributed by atoms with Gasteiger partial charge in [0.1, 0.15) is 0 Å². The molecule has 3 heterocycles. The smallest absolute Gasteiger partial charge is 0.322 e. The molecule has 0 bridgehead atoms. The van der Waals surface area contributed by atoms with E-state index in [1.54, 1.807) is 16.2 Å². The summed E-state index contributed by atoms with van der Waals surface area (Å²) in [6.45, 7) is 6.51. The van der Waals surface area contributed by atoms with E-state index in [1.807, 2.05) is 86.8 Å². The molecular weight excluding hydrogens is 432 g/mol. The number of nitrogens with zero attached hydrogens (tertiary/aromatic N) is 3. The molecule has 2 aromatic carbocycles. The van der Waals surface area contributed by atoms with E-state index < -0.39 is 0 Å². The highest BCUT2D eigenvalue weighted by molar-refractivity contribution is 7.09. The molecule has 2 aromatic heterocycles. The number of aromatic nitrogens is 2. The molecule has 1 atom stereocenters. The Morgan fingerprint density at radius 3 is 2.36 bits per heavy atom. The Balaban J connectivity index is 1.59. The molecule has 0 fully saturated rings. The molecule has 0 spiro atoms. The number of carbonyl (C=O) groups is 1. The van der Waals surface area contributed by atoms with Crippen LogP contribution in [0, 0.1) is 13.8 Å². The molecule has 7 heteroatoms. The molecule has 0 saturated carbocycles. The number of allylic oxidation sites excluding steroid dienone is 1. The van der Waals surface area contributed by atoms with Gasteiger partial charge in [0, 0.05) is 16.1 Å². The predicted octanol–water partition coefficient (Wildman–Crippen LogP) is 6.11. The van der Waals surface area contributed by atoms with Crippen molar-refractivity contribution in [3.8, 4) is 11.4 Å². The molecule has 0 radical (unpaired) electrons. The topological polar surface area (TPSA) is 71.3 Å². The molecule has 1 unspecified atom stereocenters. The Morgan fingerprint density at radius 1 is 1.00 bits per heavy atom. The van der Waals surface area contributed by atoms with Gasteiger partial charge in [0.25, 0.3) is 5.89 Å². The number of aryl methyl sites for hydroxylation is 2. The quantitative estimate of drug-likeness (QED) is 0.393. The summed E-state index contributed by atoms with van der Waals surface area (Å²) in [5.41, 5.74) is 5.78. The van der Waals surface area contributed by atoms with Gasteiger partial charge in [0.2, 0.25) is 5.82 Å². The molecule has 0 aliphatic carbocycles. The van der Waals surface area contributed by atoms with Gasteiger partial charge in [0.15, 0.2) is 0 Å². The van der Waals surface area contributed by atoms with Crippen LogP contribution < -0.4 is 5.32 Å². The Kier molecular flexibility index (Phi) is 5.56. The fourth-order valence-electron chi connectivity index (χ4n) is 3.97. The first kappa shape index (κ1) is 21.2. The lowest BCUT2D eigenvalue weighted by atomic mass is 9.94. The van der Waals surface area contributed by atoms with E-state index in [0.29, 0.717) is 18.3 Å². The van der Waals surface area contributed by atoms with Crippen LogP contribution in [0.5, 0.6) is 0 Å². The van der Waals surface area contributed by atoms with Crippen LogP contribution in [0.15, 0.2) is 76.3 Å². The second kappa shape index (κ2) is 8.67. The van der Waals surface area contributed by atoms with E-state index in [2.05, 4.69) is 10.5 Å². The predicted molar refractivity (Wildman–Crippen MR) is 129 cm³/mol. The van der Waals surface area contributed by atoms with Gasteiger partial charge in [-0.15, -0.1) is 11.3 Å². The first-order chi connectivity index (χ1) is 16.0. The van der Waals surface area contributed by atoms with E-state index in [9.17, 15) is 4.79 Å². The van der Waals surface area contributed by atoms with Crippen molar-refractivity contribution in [3.63, 3.8) is 0 Å². The minimum Gasteiger partial charge on any atom is -0.334 e. The number of amides is 2. The molecule has 0 saturated heterocycles. The first-order valence-electron chi connectivity index (χ1n) is 10.8. The highest BCUT2D eigenvalue weighted by atomic mass is 32.1. The number of rotatable bonds is 5. The van der Waals surface area contributed by atoms with Crippen molar-refractivity contribution < 1.29 is 9.32 Å². The fourth-order valence-corrected chi connectivity index (χ4v) is 4.66. The van der Waals surface area contributed by atoms with E-state index in [1.165, 1.54) is 5.56 Å². The van der Waals surface area contributed by atoms with Crippen LogP contribution in [0.3, 0.4) is 0 Å². The summed E-state index contributed by atoms with van der Waals surface area (Å²) >= 11 is 1.62. The zero-order valence-corrected chi connectivity index (χ0v) is 19.5. The number of thiophene rings is 1. The lowest BCUT2D eigenvalue weighted by Crippen LogP contribution is -2.45. The Morgan fingerprint density at radius 2 is 1.70 bits per heavy atom. The molecular formula is C26H24N4O2S. The third-order valence-corrected chi connectivity index (χ3v) is 6.73. The molecule has 1 aliphatic rings. The number of benzene rings is 2. The average molecular weight is 457 g/mol. The van der Waals surface area contributed by atoms with Crippen LogP contribution in [0.1, 0.15) is 40.4 Å². The summed E-state index contributed by atoms with van der Waals surface area (Å²) in [5.74, 6) is 0.930. The van der Waals surface area contributed by atoms with Crippen molar-refractivity contribution in [2.75, 3.05) is 0 Å². The standard InChI is InChI=1S/C26H24N4O2S/c1-16-6-10-19(11-7-16)23-22(18(3)30(26(31)27-23)15-21-5-4-14-33-21)25-28-24(29-32-25)20-12-8-17(2)9-13-20/h4-14,23H,15H2,1-3H3,(H,27,31). The fraction of sp³-hybridized carbons (Fsp3) is 0.192. The highest BCUT2D eigenvalue weighted by Gasteiger charge is 2.35. The third-order valence-electron chi connectivity index (χ3n) is 5.87. The Bertz CT molecular complexity index is 1310. The van der Waals surface area contributed by atoms with Crippen LogP contribution in [-0.2, 0) is 6.54 Å². The van der Waals surface area contributed by atoms with Crippen molar-refractivity contribution in [3.05, 3.63) is 99.2 Å². The second-order valence-electron chi connectivity index (χ2n) is 8.25. The average Bonchev–Trinajstić information content (AvgIpc) is 3.50. The van der Waals surface area contributed by atoms with Crippen LogP contribution >= 0.6 is 11.3 Å². The van der Waals surface area contributed by atoms with Gasteiger partial charge in [-0.05, 0) is 37.8 Å². The largest absolute Gasteiger partial charge is 0.334 e. The van der Waals surface area contributed by atoms with Crippen LogP contribution in [-0.4, -0.2) is 21.1 Å². The number of hydrogen-bond donors (Lipinski definition) is 1. The van der Waals surface area contributed by atoms with E-state index >= 15 is 0 Å². The molecule has 2 amide bonds. The summed E-state index contributed by atoms with van der Waals surface area (Å²) in [7, 11) is 0. The normalized spacial score (nSPS) is 16.3. The van der Waals surface area contributed by atoms with E-state index in [-0.39, 0.29) is 12.1 Å². The van der Waals surface area contributed by atoms with Crippen molar-refractivity contribution in [1.29, 1.82) is 0 Å². The highest BCUT2D eigenvalue weighted by Crippen LogP contribution is 2.38. The summed E-state index contributed by atoms with van der Waals surface area (Å²) in [6, 6.07) is 19.6. The maximum atomic E-state index is 13.1. The number of hydrogen-bond acceptors (Lipinski definition) is 5. The van der Waals surface area contributed by atoms with Crippen molar-refractivity contribution in [2.45, 2.75) is 33.4 Å². The Hall–Kier alpha value is -3.71. The second-order valence-corrected chi connectivity index (χ2v) is 9.28. The minimum atomic E-state index is -0.385. The lowest BCUT2D eigenvalue weighted by molar-refractivity contribution is 0.203. The monoisotopic (exact) mass is 456 g/mol. The third kappa shape index (κ3) is 4.19. The molecule has 6 nitrogen and oxygen atoms in total. The van der Waals surface area contributed by atoms with Gasteiger partial charge in [-0.3, -0.25) is 4.90 Å². The van der Waals surface area contributed by atoms with Crippen LogP contribution in [0.2, 0.25) is 0 Å². The summed E-state index contributed by atoms with van der Waals surface area (Å²) < 4.78 is 5.76. The van der Waals surface area contributed by atoms with Gasteiger partial charge in [0.05, 0.1) is 18.2 Å². The zero-order valence-electron chi connectivity index (χ0n) is 18.7. The van der Waals surface area contributed by atoms with Crippen LogP contribution in [0.4, 0.5) is 4.79 Å². The van der Waals surface area contributed by atoms with Crippen LogP contribution in [0.25, 0.3) is 17.0 Å². The first-order valence-corrected chi connectivity index (χ1v) is 11.7. The van der Waals surface area contributed by atoms with Crippen molar-refractivity contribution >= 4 is 22.9 Å². The number of nitrogens with one attached hydrogen (secondary N) is 1. The van der Waals surface area contributed by atoms with Gasteiger partial charge >= 0.3 is 6.03 Å². The summed E-state index contributed by atoms with van der Waals surface area (Å²) in [4.78, 5) is 20.7. The minimum absolute atomic E-state index is 0.145. The molecule has 5 rings (SSSR count). The maximum Gasteiger partial charge on any atom is 0.322 e. The molecule has 166 valence electrons.